The van der Waals surface area contributed by atoms with Crippen LogP contribution in [0.3, 0.4) is 0 Å². The van der Waals surface area contributed by atoms with E-state index >= 15 is 0 Å². The average molecular weight is 441 g/mol. The fourth-order valence-corrected chi connectivity index (χ4v) is 4.91. The van der Waals surface area contributed by atoms with Gasteiger partial charge in [-0.1, -0.05) is 31.0 Å². The van der Waals surface area contributed by atoms with E-state index in [0.29, 0.717) is 35.7 Å². The minimum Gasteiger partial charge on any atom is -0.486 e. The predicted molar refractivity (Wildman–Crippen MR) is 115 cm³/mol. The highest BCUT2D eigenvalue weighted by molar-refractivity contribution is 5.89. The summed E-state index contributed by atoms with van der Waals surface area (Å²) >= 11 is 0. The maximum atomic E-state index is 13.7. The minimum atomic E-state index is -2.69. The number of nitrogens with one attached hydrogen (secondary N) is 1. The first kappa shape index (κ1) is 20.7. The number of hydrogen-bond acceptors (Lipinski definition) is 4. The van der Waals surface area contributed by atoms with Crippen molar-refractivity contribution in [3.8, 4) is 11.5 Å². The molecular formula is C24H25F2N3O3. The number of alkyl halides is 2. The molecule has 168 valence electrons. The summed E-state index contributed by atoms with van der Waals surface area (Å²) in [5.74, 6) is 1.55. The Morgan fingerprint density at radius 1 is 1.09 bits per heavy atom. The van der Waals surface area contributed by atoms with Crippen molar-refractivity contribution in [2.75, 3.05) is 19.8 Å². The van der Waals surface area contributed by atoms with Crippen molar-refractivity contribution >= 4 is 16.9 Å². The van der Waals surface area contributed by atoms with Crippen molar-refractivity contribution in [1.82, 2.24) is 14.9 Å². The molecule has 0 saturated heterocycles. The van der Waals surface area contributed by atoms with Crippen LogP contribution in [0.15, 0.2) is 42.5 Å². The number of carbonyl (C=O) groups is 1. The number of ether oxygens (including phenoxy) is 2. The molecule has 2 aromatic carbocycles. The number of aromatic nitrogens is 2. The first-order valence-electron chi connectivity index (χ1n) is 11.0. The van der Waals surface area contributed by atoms with E-state index < -0.39 is 12.0 Å². The Hall–Kier alpha value is -3.16. The largest absolute Gasteiger partial charge is 0.486 e. The van der Waals surface area contributed by atoms with E-state index in [1.54, 1.807) is 24.3 Å². The molecule has 1 aliphatic carbocycles. The molecule has 2 heterocycles. The summed E-state index contributed by atoms with van der Waals surface area (Å²) in [7, 11) is 0. The summed E-state index contributed by atoms with van der Waals surface area (Å²) in [5.41, 5.74) is 1.19. The minimum absolute atomic E-state index is 0.0774. The van der Waals surface area contributed by atoms with Gasteiger partial charge in [-0.15, -0.1) is 0 Å². The molecule has 0 spiro atoms. The monoisotopic (exact) mass is 441 g/mol. The van der Waals surface area contributed by atoms with Crippen molar-refractivity contribution in [2.45, 2.75) is 44.1 Å². The van der Waals surface area contributed by atoms with Crippen LogP contribution >= 0.6 is 0 Å². The quantitative estimate of drug-likeness (QED) is 0.617. The first-order valence-corrected chi connectivity index (χ1v) is 11.0. The lowest BCUT2D eigenvalue weighted by Gasteiger charge is -2.30. The molecule has 0 unspecified atom stereocenters. The van der Waals surface area contributed by atoms with Gasteiger partial charge in [0, 0.05) is 13.0 Å². The summed E-state index contributed by atoms with van der Waals surface area (Å²) in [4.78, 5) is 17.7. The van der Waals surface area contributed by atoms with Gasteiger partial charge in [-0.2, -0.15) is 8.78 Å². The molecule has 0 radical (unpaired) electrons. The van der Waals surface area contributed by atoms with Crippen LogP contribution in [-0.2, 0) is 16.6 Å². The van der Waals surface area contributed by atoms with Crippen molar-refractivity contribution in [3.05, 3.63) is 53.9 Å². The van der Waals surface area contributed by atoms with Crippen LogP contribution in [0.4, 0.5) is 8.78 Å². The highest BCUT2D eigenvalue weighted by atomic mass is 19.3. The maximum absolute atomic E-state index is 13.7. The van der Waals surface area contributed by atoms with Gasteiger partial charge < -0.3 is 14.8 Å². The summed E-state index contributed by atoms with van der Waals surface area (Å²) in [6.07, 6.45) is 3.64. The van der Waals surface area contributed by atoms with E-state index in [-0.39, 0.29) is 24.7 Å². The van der Waals surface area contributed by atoms with Gasteiger partial charge in [0.2, 0.25) is 5.91 Å². The number of carbonyl (C=O) groups excluding carboxylic acids is 1. The van der Waals surface area contributed by atoms with Crippen LogP contribution in [0, 0.1) is 0 Å². The second-order valence-corrected chi connectivity index (χ2v) is 8.32. The van der Waals surface area contributed by atoms with Crippen LogP contribution in [-0.4, -0.2) is 35.2 Å². The number of hydrogen-bond donors (Lipinski definition) is 1. The van der Waals surface area contributed by atoms with Crippen LogP contribution in [0.5, 0.6) is 11.5 Å². The number of fused-ring (bicyclic) bond motifs is 2. The summed E-state index contributed by atoms with van der Waals surface area (Å²) in [5, 5.41) is 2.99. The van der Waals surface area contributed by atoms with Gasteiger partial charge in [0.05, 0.1) is 16.4 Å². The van der Waals surface area contributed by atoms with Crippen LogP contribution < -0.4 is 14.8 Å². The zero-order valence-electron chi connectivity index (χ0n) is 17.7. The van der Waals surface area contributed by atoms with Gasteiger partial charge in [-0.05, 0) is 42.7 Å². The molecule has 1 saturated carbocycles. The smallest absolute Gasteiger partial charge is 0.320 e. The van der Waals surface area contributed by atoms with Gasteiger partial charge in [-0.3, -0.25) is 9.36 Å². The highest BCUT2D eigenvalue weighted by Crippen LogP contribution is 2.44. The molecule has 1 N–H and O–H groups in total. The number of rotatable bonds is 6. The lowest BCUT2D eigenvalue weighted by atomic mass is 9.77. The molecule has 1 fully saturated rings. The third kappa shape index (κ3) is 3.57. The standard InChI is InChI=1S/C24H25F2N3O3/c25-23(26)29-18-6-2-1-5-17(18)28-21(29)9-12-27-22(30)24(10-3-4-11-24)16-7-8-19-20(15-16)32-14-13-31-19/h1-2,5-8,15,23H,3-4,9-14H2,(H,27,30). The molecule has 32 heavy (non-hydrogen) atoms. The number of nitrogens with zero attached hydrogens (tertiary/aromatic N) is 2. The van der Waals surface area contributed by atoms with E-state index in [2.05, 4.69) is 10.3 Å². The van der Waals surface area contributed by atoms with E-state index in [1.165, 1.54) is 0 Å². The zero-order valence-corrected chi connectivity index (χ0v) is 17.7. The second kappa shape index (κ2) is 8.41. The van der Waals surface area contributed by atoms with Crippen LogP contribution in [0.1, 0.15) is 43.6 Å². The van der Waals surface area contributed by atoms with Gasteiger partial charge in [0.1, 0.15) is 19.0 Å². The van der Waals surface area contributed by atoms with Gasteiger partial charge >= 0.3 is 6.55 Å². The lowest BCUT2D eigenvalue weighted by molar-refractivity contribution is -0.126. The molecule has 1 amide bonds. The maximum Gasteiger partial charge on any atom is 0.320 e. The average Bonchev–Trinajstić information content (AvgIpc) is 3.44. The first-order chi connectivity index (χ1) is 15.6. The normalized spacial score (nSPS) is 17.1. The van der Waals surface area contributed by atoms with Crippen molar-refractivity contribution in [1.29, 1.82) is 0 Å². The molecule has 2 aliphatic rings. The molecule has 1 aromatic heterocycles. The Balaban J connectivity index is 1.34. The SMILES string of the molecule is O=C(NCCc1nc2ccccc2n1C(F)F)C1(c2ccc3c(c2)OCCO3)CCCC1. The van der Waals surface area contributed by atoms with Crippen LogP contribution in [0.25, 0.3) is 11.0 Å². The lowest BCUT2D eigenvalue weighted by Crippen LogP contribution is -2.43. The fourth-order valence-electron chi connectivity index (χ4n) is 4.91. The van der Waals surface area contributed by atoms with Gasteiger partial charge in [0.15, 0.2) is 11.5 Å². The Kier molecular flexibility index (Phi) is 5.45. The summed E-state index contributed by atoms with van der Waals surface area (Å²) < 4.78 is 39.6. The molecule has 5 rings (SSSR count). The Morgan fingerprint density at radius 3 is 2.62 bits per heavy atom. The van der Waals surface area contributed by atoms with E-state index in [4.69, 9.17) is 9.47 Å². The number of imidazole rings is 1. The summed E-state index contributed by atoms with van der Waals surface area (Å²) in [6, 6.07) is 12.5. The highest BCUT2D eigenvalue weighted by Gasteiger charge is 2.43. The number of benzene rings is 2. The molecule has 8 heteroatoms. The van der Waals surface area contributed by atoms with Gasteiger partial charge in [0.25, 0.3) is 0 Å². The Bertz CT molecular complexity index is 1140. The van der Waals surface area contributed by atoms with E-state index in [1.807, 2.05) is 18.2 Å². The summed E-state index contributed by atoms with van der Waals surface area (Å²) in [6.45, 7) is -1.45. The Morgan fingerprint density at radius 2 is 1.84 bits per heavy atom. The third-order valence-corrected chi connectivity index (χ3v) is 6.48. The third-order valence-electron chi connectivity index (χ3n) is 6.48. The Labute approximate surface area is 184 Å². The second-order valence-electron chi connectivity index (χ2n) is 8.32. The molecule has 1 aliphatic heterocycles. The molecule has 0 atom stereocenters. The molecule has 3 aromatic rings. The molecule has 0 bridgehead atoms. The number of halogens is 2. The van der Waals surface area contributed by atoms with Crippen molar-refractivity contribution in [3.63, 3.8) is 0 Å². The fraction of sp³-hybridized carbons (Fsp3) is 0.417. The molecule has 6 nitrogen and oxygen atoms in total. The predicted octanol–water partition coefficient (Wildman–Crippen LogP) is 4.37. The zero-order chi connectivity index (χ0) is 22.1. The topological polar surface area (TPSA) is 65.4 Å². The van der Waals surface area contributed by atoms with Crippen LogP contribution in [0.2, 0.25) is 0 Å². The number of amides is 1. The molecular weight excluding hydrogens is 416 g/mol. The number of para-hydroxylation sites is 2. The van der Waals surface area contributed by atoms with E-state index in [9.17, 15) is 13.6 Å². The van der Waals surface area contributed by atoms with E-state index in [0.717, 1.165) is 35.8 Å². The van der Waals surface area contributed by atoms with Crippen molar-refractivity contribution < 1.29 is 23.0 Å². The van der Waals surface area contributed by atoms with Crippen molar-refractivity contribution in [2.24, 2.45) is 0 Å². The van der Waals surface area contributed by atoms with Gasteiger partial charge in [-0.25, -0.2) is 4.98 Å².